The van der Waals surface area contributed by atoms with Gasteiger partial charge in [-0.1, -0.05) is 30.3 Å². The van der Waals surface area contributed by atoms with Crippen LogP contribution in [0, 0.1) is 5.41 Å². The normalized spacial score (nSPS) is 15.1. The van der Waals surface area contributed by atoms with Gasteiger partial charge in [-0.15, -0.1) is 0 Å². The average Bonchev–Trinajstić information content (AvgIpc) is 3.66. The quantitative estimate of drug-likeness (QED) is 0.336. The van der Waals surface area contributed by atoms with Gasteiger partial charge in [-0.05, 0) is 43.9 Å². The number of carboxylic acid groups (broad SMARTS) is 1. The van der Waals surface area contributed by atoms with E-state index in [0.29, 0.717) is 35.7 Å². The summed E-state index contributed by atoms with van der Waals surface area (Å²) in [7, 11) is 1.70. The highest BCUT2D eigenvalue weighted by molar-refractivity contribution is 6.09. The van der Waals surface area contributed by atoms with Crippen LogP contribution < -0.4 is 10.6 Å². The number of anilines is 1. The number of carboxylic acids is 1. The zero-order valence-corrected chi connectivity index (χ0v) is 19.8. The second-order valence-corrected chi connectivity index (χ2v) is 8.97. The van der Waals surface area contributed by atoms with E-state index in [9.17, 15) is 14.3 Å². The van der Waals surface area contributed by atoms with Crippen LogP contribution in [0.2, 0.25) is 0 Å². The Labute approximate surface area is 202 Å². The number of halogens is 1. The fourth-order valence-corrected chi connectivity index (χ4v) is 3.84. The Hall–Kier alpha value is -4.14. The number of rotatable bonds is 9. The maximum Gasteiger partial charge on any atom is 0.314 e. The maximum atomic E-state index is 14.3. The zero-order valence-electron chi connectivity index (χ0n) is 19.8. The van der Waals surface area contributed by atoms with Gasteiger partial charge in [0, 0.05) is 25.0 Å². The minimum atomic E-state index is -1.64. The molecule has 35 heavy (non-hydrogen) atoms. The second kappa shape index (κ2) is 9.25. The number of hydrogen-bond donors (Lipinski definition) is 4. The number of aromatic nitrogens is 3. The van der Waals surface area contributed by atoms with Crippen LogP contribution in [0.5, 0.6) is 0 Å². The smallest absolute Gasteiger partial charge is 0.314 e. The molecule has 1 fully saturated rings. The van der Waals surface area contributed by atoms with Gasteiger partial charge in [-0.2, -0.15) is 0 Å². The first-order valence-corrected chi connectivity index (χ1v) is 11.2. The molecule has 0 bridgehead atoms. The molecule has 0 amide bonds. The number of aliphatic carboxylic acids is 1. The summed E-state index contributed by atoms with van der Waals surface area (Å²) in [4.78, 5) is 24.4. The maximum absolute atomic E-state index is 14.3. The van der Waals surface area contributed by atoms with Crippen molar-refractivity contribution >= 4 is 23.6 Å². The summed E-state index contributed by atoms with van der Waals surface area (Å²) in [6.07, 6.45) is 7.07. The first-order chi connectivity index (χ1) is 16.7. The van der Waals surface area contributed by atoms with Crippen LogP contribution in [0.15, 0.2) is 60.8 Å². The summed E-state index contributed by atoms with van der Waals surface area (Å²) in [5.74, 6) is 0.0295. The van der Waals surface area contributed by atoms with Crippen molar-refractivity contribution in [1.82, 2.24) is 20.3 Å². The van der Waals surface area contributed by atoms with Crippen LogP contribution in [-0.4, -0.2) is 39.3 Å². The van der Waals surface area contributed by atoms with Crippen LogP contribution in [0.1, 0.15) is 43.6 Å². The fraction of sp³-hybridized carbons (Fsp3) is 0.269. The van der Waals surface area contributed by atoms with Crippen LogP contribution in [0.4, 0.5) is 10.2 Å². The third kappa shape index (κ3) is 4.89. The molecule has 4 rings (SSSR count). The lowest BCUT2D eigenvalue weighted by Gasteiger charge is -2.17. The number of nitrogens with one attached hydrogen (secondary N) is 3. The third-order valence-electron chi connectivity index (χ3n) is 6.13. The summed E-state index contributed by atoms with van der Waals surface area (Å²) < 4.78 is 14.3. The zero-order chi connectivity index (χ0) is 25.2. The van der Waals surface area contributed by atoms with E-state index < -0.39 is 17.1 Å². The monoisotopic (exact) mass is 474 g/mol. The van der Waals surface area contributed by atoms with Gasteiger partial charge in [0.2, 0.25) is 0 Å². The number of pyridine rings is 1. The highest BCUT2D eigenvalue weighted by Gasteiger charge is 2.51. The van der Waals surface area contributed by atoms with Crippen LogP contribution in [0.3, 0.4) is 0 Å². The molecule has 0 radical (unpaired) electrons. The van der Waals surface area contributed by atoms with Gasteiger partial charge in [0.05, 0.1) is 34.8 Å². The lowest BCUT2D eigenvalue weighted by Crippen LogP contribution is -2.20. The van der Waals surface area contributed by atoms with Crippen LogP contribution in [-0.2, 0) is 15.9 Å². The molecule has 9 heteroatoms. The van der Waals surface area contributed by atoms with E-state index in [-0.39, 0.29) is 5.69 Å². The van der Waals surface area contributed by atoms with Gasteiger partial charge in [0.15, 0.2) is 0 Å². The molecule has 1 saturated carbocycles. The van der Waals surface area contributed by atoms with Gasteiger partial charge < -0.3 is 21.1 Å². The molecule has 0 atom stereocenters. The molecule has 0 aliphatic heterocycles. The van der Waals surface area contributed by atoms with E-state index >= 15 is 0 Å². The Balaban J connectivity index is 1.58. The predicted molar refractivity (Wildman–Crippen MR) is 133 cm³/mol. The molecule has 0 saturated heterocycles. The summed E-state index contributed by atoms with van der Waals surface area (Å²) >= 11 is 0. The molecular weight excluding hydrogens is 447 g/mol. The van der Waals surface area contributed by atoms with E-state index in [1.54, 1.807) is 19.3 Å². The highest BCUT2D eigenvalue weighted by Crippen LogP contribution is 2.48. The summed E-state index contributed by atoms with van der Waals surface area (Å²) in [5, 5.41) is 23.5. The molecule has 1 aliphatic carbocycles. The van der Waals surface area contributed by atoms with E-state index in [1.807, 2.05) is 30.3 Å². The van der Waals surface area contributed by atoms with Gasteiger partial charge >= 0.3 is 5.97 Å². The van der Waals surface area contributed by atoms with E-state index in [0.717, 1.165) is 16.7 Å². The Bertz CT molecular complexity index is 1280. The topological polar surface area (TPSA) is 124 Å². The summed E-state index contributed by atoms with van der Waals surface area (Å²) in [6, 6.07) is 11.2. The lowest BCUT2D eigenvalue weighted by atomic mass is 9.94. The fourth-order valence-electron chi connectivity index (χ4n) is 3.84. The van der Waals surface area contributed by atoms with Crippen LogP contribution in [0.25, 0.3) is 16.7 Å². The SMILES string of the molecule is CN/C(Nc1cncc(C(C)(C)F)n1)=C(\C=N)c1ccc(-c2ccc(C3(C(=O)O)CC3)cc2)cn1. The molecule has 1 aromatic carbocycles. The van der Waals surface area contributed by atoms with Crippen molar-refractivity contribution in [3.63, 3.8) is 0 Å². The standard InChI is InChI=1S/C26H27FN6O2/c1-25(2,27)21-14-30-15-22(32-21)33-23(29-3)19(12-28)20-9-6-17(13-31-20)16-4-7-18(8-5-16)26(10-11-26)24(34)35/h4-9,12-15,28-29H,10-11H2,1-3H3,(H,32,33)(H,34,35)/b23-19-,28-12?. The molecule has 4 N–H and O–H groups in total. The first kappa shape index (κ1) is 24.0. The van der Waals surface area contributed by atoms with Crippen molar-refractivity contribution in [1.29, 1.82) is 5.41 Å². The number of nitrogens with zero attached hydrogens (tertiary/aromatic N) is 3. The summed E-state index contributed by atoms with van der Waals surface area (Å²) in [6.45, 7) is 2.82. The molecule has 8 nitrogen and oxygen atoms in total. The van der Waals surface area contributed by atoms with Gasteiger partial charge in [-0.3, -0.25) is 14.8 Å². The second-order valence-electron chi connectivity index (χ2n) is 8.97. The van der Waals surface area contributed by atoms with Gasteiger partial charge in [0.25, 0.3) is 0 Å². The summed E-state index contributed by atoms with van der Waals surface area (Å²) in [5.41, 5.74) is 1.47. The predicted octanol–water partition coefficient (Wildman–Crippen LogP) is 4.51. The molecule has 0 spiro atoms. The number of hydrogen-bond acceptors (Lipinski definition) is 7. The molecule has 2 aromatic heterocycles. The Morgan fingerprint density at radius 3 is 2.31 bits per heavy atom. The molecule has 180 valence electrons. The third-order valence-corrected chi connectivity index (χ3v) is 6.13. The molecule has 2 heterocycles. The molecule has 0 unspecified atom stereocenters. The Morgan fingerprint density at radius 1 is 1.11 bits per heavy atom. The minimum absolute atomic E-state index is 0.193. The molecule has 1 aliphatic rings. The van der Waals surface area contributed by atoms with E-state index in [1.165, 1.54) is 32.5 Å². The van der Waals surface area contributed by atoms with Crippen molar-refractivity contribution in [3.05, 3.63) is 77.8 Å². The number of alkyl halides is 1. The van der Waals surface area contributed by atoms with E-state index in [2.05, 4.69) is 25.6 Å². The van der Waals surface area contributed by atoms with Crippen molar-refractivity contribution in [2.75, 3.05) is 12.4 Å². The molecular formula is C26H27FN6O2. The average molecular weight is 475 g/mol. The van der Waals surface area contributed by atoms with Crippen LogP contribution >= 0.6 is 0 Å². The number of allylic oxidation sites excluding steroid dienone is 1. The first-order valence-electron chi connectivity index (χ1n) is 11.2. The largest absolute Gasteiger partial charge is 0.481 e. The lowest BCUT2D eigenvalue weighted by molar-refractivity contribution is -0.140. The highest BCUT2D eigenvalue weighted by atomic mass is 19.1. The number of carbonyl (C=O) groups is 1. The van der Waals surface area contributed by atoms with Gasteiger partial charge in [-0.25, -0.2) is 9.37 Å². The Morgan fingerprint density at radius 2 is 1.80 bits per heavy atom. The van der Waals surface area contributed by atoms with Crippen molar-refractivity contribution in [3.8, 4) is 11.1 Å². The van der Waals surface area contributed by atoms with Crippen molar-refractivity contribution in [2.24, 2.45) is 0 Å². The van der Waals surface area contributed by atoms with Gasteiger partial charge in [0.1, 0.15) is 17.3 Å². The van der Waals surface area contributed by atoms with Crippen molar-refractivity contribution in [2.45, 2.75) is 37.8 Å². The van der Waals surface area contributed by atoms with Crippen molar-refractivity contribution < 1.29 is 14.3 Å². The molecule has 3 aromatic rings. The Kier molecular flexibility index (Phi) is 6.34. The van der Waals surface area contributed by atoms with E-state index in [4.69, 9.17) is 5.41 Å². The minimum Gasteiger partial charge on any atom is -0.481 e. The number of benzene rings is 1.